The molecule has 20 heavy (non-hydrogen) atoms. The van der Waals surface area contributed by atoms with Crippen LogP contribution < -0.4 is 0 Å². The fraction of sp³-hybridized carbons (Fsp3) is 0.500. The van der Waals surface area contributed by atoms with Gasteiger partial charge < -0.3 is 4.74 Å². The summed E-state index contributed by atoms with van der Waals surface area (Å²) in [6.07, 6.45) is 1.83. The second-order valence-corrected chi connectivity index (χ2v) is 5.19. The third-order valence-electron chi connectivity index (χ3n) is 3.66. The predicted molar refractivity (Wildman–Crippen MR) is 74.0 cm³/mol. The smallest absolute Gasteiger partial charge is 0.100 e. The first kappa shape index (κ1) is 13.2. The van der Waals surface area contributed by atoms with E-state index in [1.54, 1.807) is 7.11 Å². The Bertz CT molecular complexity index is 568. The summed E-state index contributed by atoms with van der Waals surface area (Å²) < 4.78 is 7.22. The van der Waals surface area contributed by atoms with Crippen molar-refractivity contribution in [2.24, 2.45) is 7.05 Å². The Balaban J connectivity index is 1.79. The zero-order valence-electron chi connectivity index (χ0n) is 11.9. The number of nitrogens with zero attached hydrogens (tertiary/aromatic N) is 5. The Morgan fingerprint density at radius 1 is 1.40 bits per heavy atom. The molecular formula is C14H19N5O. The molecule has 0 bridgehead atoms. The Morgan fingerprint density at radius 2 is 2.30 bits per heavy atom. The van der Waals surface area contributed by atoms with E-state index in [4.69, 9.17) is 4.74 Å². The minimum atomic E-state index is 0.312. The van der Waals surface area contributed by atoms with Crippen molar-refractivity contribution < 1.29 is 4.74 Å². The highest BCUT2D eigenvalue weighted by Crippen LogP contribution is 2.27. The quantitative estimate of drug-likeness (QED) is 0.830. The lowest BCUT2D eigenvalue weighted by atomic mass is 9.99. The van der Waals surface area contributed by atoms with Crippen LogP contribution in [0.1, 0.15) is 23.0 Å². The van der Waals surface area contributed by atoms with Crippen LogP contribution in [0, 0.1) is 0 Å². The average Bonchev–Trinajstić information content (AvgIpc) is 2.82. The molecular weight excluding hydrogens is 254 g/mol. The summed E-state index contributed by atoms with van der Waals surface area (Å²) in [5.74, 6) is 0.312. The summed E-state index contributed by atoms with van der Waals surface area (Å²) in [5, 5.41) is 8.42. The lowest BCUT2D eigenvalue weighted by molar-refractivity contribution is 0.131. The van der Waals surface area contributed by atoms with Crippen molar-refractivity contribution in [2.45, 2.75) is 19.0 Å². The second kappa shape index (κ2) is 5.68. The Labute approximate surface area is 118 Å². The molecule has 2 aromatic heterocycles. The number of ether oxygens (including phenoxy) is 1. The van der Waals surface area contributed by atoms with Gasteiger partial charge in [-0.25, -0.2) is 0 Å². The summed E-state index contributed by atoms with van der Waals surface area (Å²) >= 11 is 0. The third kappa shape index (κ3) is 2.57. The van der Waals surface area contributed by atoms with Crippen LogP contribution in [0.25, 0.3) is 0 Å². The number of aryl methyl sites for hydroxylation is 1. The van der Waals surface area contributed by atoms with E-state index in [-0.39, 0.29) is 0 Å². The molecule has 0 fully saturated rings. The van der Waals surface area contributed by atoms with Crippen molar-refractivity contribution in [1.29, 1.82) is 0 Å². The first-order chi connectivity index (χ1) is 9.78. The van der Waals surface area contributed by atoms with Gasteiger partial charge in [-0.05, 0) is 12.1 Å². The van der Waals surface area contributed by atoms with Gasteiger partial charge in [0.15, 0.2) is 0 Å². The highest BCUT2D eigenvalue weighted by molar-refractivity contribution is 5.20. The van der Waals surface area contributed by atoms with Crippen molar-refractivity contribution in [2.75, 3.05) is 20.3 Å². The molecule has 0 aliphatic carbocycles. The van der Waals surface area contributed by atoms with E-state index in [1.807, 2.05) is 30.1 Å². The number of aromatic nitrogens is 4. The maximum absolute atomic E-state index is 5.35. The van der Waals surface area contributed by atoms with Crippen LogP contribution in [0.4, 0.5) is 0 Å². The minimum Gasteiger partial charge on any atom is -0.384 e. The predicted octanol–water partition coefficient (Wildman–Crippen LogP) is 0.956. The number of methoxy groups -OCH3 is 1. The fourth-order valence-corrected chi connectivity index (χ4v) is 2.87. The van der Waals surface area contributed by atoms with Gasteiger partial charge in [0.25, 0.3) is 0 Å². The summed E-state index contributed by atoms with van der Waals surface area (Å²) in [5.41, 5.74) is 3.33. The van der Waals surface area contributed by atoms with Crippen LogP contribution in [0.3, 0.4) is 0 Å². The molecule has 1 aliphatic rings. The minimum absolute atomic E-state index is 0.312. The number of fused-ring (bicyclic) bond motifs is 1. The standard InChI is InChI=1S/C14H19N5O/c1-18-14-11(10-20-2)7-19(9-13(14)16-17-18)8-12-5-3-4-6-15-12/h3-6,11H,7-10H2,1-2H3/t11-/m0/s1. The van der Waals surface area contributed by atoms with Crippen LogP contribution in [-0.4, -0.2) is 45.1 Å². The van der Waals surface area contributed by atoms with E-state index < -0.39 is 0 Å². The van der Waals surface area contributed by atoms with Crippen molar-refractivity contribution in [3.8, 4) is 0 Å². The van der Waals surface area contributed by atoms with Crippen molar-refractivity contribution in [1.82, 2.24) is 24.9 Å². The highest BCUT2D eigenvalue weighted by Gasteiger charge is 2.29. The van der Waals surface area contributed by atoms with E-state index in [0.29, 0.717) is 12.5 Å². The molecule has 6 nitrogen and oxygen atoms in total. The topological polar surface area (TPSA) is 56.1 Å². The van der Waals surface area contributed by atoms with Gasteiger partial charge in [-0.2, -0.15) is 0 Å². The van der Waals surface area contributed by atoms with Gasteiger partial charge in [0.1, 0.15) is 5.69 Å². The molecule has 3 heterocycles. The van der Waals surface area contributed by atoms with Gasteiger partial charge in [0, 0.05) is 45.9 Å². The van der Waals surface area contributed by atoms with E-state index in [9.17, 15) is 0 Å². The lowest BCUT2D eigenvalue weighted by Crippen LogP contribution is -2.36. The number of rotatable bonds is 4. The Hall–Kier alpha value is -1.79. The highest BCUT2D eigenvalue weighted by atomic mass is 16.5. The fourth-order valence-electron chi connectivity index (χ4n) is 2.87. The molecule has 106 valence electrons. The van der Waals surface area contributed by atoms with Crippen LogP contribution in [0.5, 0.6) is 0 Å². The number of hydrogen-bond donors (Lipinski definition) is 0. The molecule has 0 saturated heterocycles. The Morgan fingerprint density at radius 3 is 3.05 bits per heavy atom. The summed E-state index contributed by atoms with van der Waals surface area (Å²) in [6.45, 7) is 3.28. The molecule has 0 unspecified atom stereocenters. The molecule has 0 saturated carbocycles. The zero-order valence-corrected chi connectivity index (χ0v) is 11.9. The molecule has 1 atom stereocenters. The SMILES string of the molecule is COC[C@@H]1CN(Cc2ccccn2)Cc2nnn(C)c21. The Kier molecular flexibility index (Phi) is 3.75. The van der Waals surface area contributed by atoms with E-state index in [1.165, 1.54) is 5.69 Å². The lowest BCUT2D eigenvalue weighted by Gasteiger charge is -2.31. The molecule has 0 N–H and O–H groups in total. The monoisotopic (exact) mass is 273 g/mol. The van der Waals surface area contributed by atoms with Crippen molar-refractivity contribution >= 4 is 0 Å². The maximum atomic E-state index is 5.35. The largest absolute Gasteiger partial charge is 0.384 e. The molecule has 0 amide bonds. The number of hydrogen-bond acceptors (Lipinski definition) is 5. The maximum Gasteiger partial charge on any atom is 0.100 e. The molecule has 2 aromatic rings. The van der Waals surface area contributed by atoms with Crippen molar-refractivity contribution in [3.05, 3.63) is 41.5 Å². The molecule has 1 aliphatic heterocycles. The normalized spacial score (nSPS) is 19.0. The number of pyridine rings is 1. The van der Waals surface area contributed by atoms with Gasteiger partial charge in [-0.15, -0.1) is 5.10 Å². The van der Waals surface area contributed by atoms with Gasteiger partial charge in [0.2, 0.25) is 0 Å². The third-order valence-corrected chi connectivity index (χ3v) is 3.66. The van der Waals surface area contributed by atoms with Gasteiger partial charge in [-0.3, -0.25) is 14.6 Å². The molecule has 0 aromatic carbocycles. The van der Waals surface area contributed by atoms with Gasteiger partial charge in [0.05, 0.1) is 18.0 Å². The second-order valence-electron chi connectivity index (χ2n) is 5.19. The van der Waals surface area contributed by atoms with Crippen LogP contribution >= 0.6 is 0 Å². The van der Waals surface area contributed by atoms with E-state index in [0.717, 1.165) is 31.0 Å². The molecule has 3 rings (SSSR count). The van der Waals surface area contributed by atoms with Crippen molar-refractivity contribution in [3.63, 3.8) is 0 Å². The zero-order chi connectivity index (χ0) is 13.9. The van der Waals surface area contributed by atoms with E-state index >= 15 is 0 Å². The summed E-state index contributed by atoms with van der Waals surface area (Å²) in [6, 6.07) is 6.01. The average molecular weight is 273 g/mol. The van der Waals surface area contributed by atoms with E-state index in [2.05, 4.69) is 26.3 Å². The molecule has 0 spiro atoms. The first-order valence-corrected chi connectivity index (χ1v) is 6.77. The molecule has 6 heteroatoms. The van der Waals surface area contributed by atoms with Crippen LogP contribution in [0.2, 0.25) is 0 Å². The summed E-state index contributed by atoms with van der Waals surface area (Å²) in [4.78, 5) is 6.74. The molecule has 0 radical (unpaired) electrons. The first-order valence-electron chi connectivity index (χ1n) is 6.77. The van der Waals surface area contributed by atoms with Gasteiger partial charge >= 0.3 is 0 Å². The van der Waals surface area contributed by atoms with Crippen LogP contribution in [-0.2, 0) is 24.9 Å². The summed E-state index contributed by atoms with van der Waals surface area (Å²) in [7, 11) is 3.68. The van der Waals surface area contributed by atoms with Crippen LogP contribution in [0.15, 0.2) is 24.4 Å². The van der Waals surface area contributed by atoms with Gasteiger partial charge in [-0.1, -0.05) is 11.3 Å².